The second-order valence-electron chi connectivity index (χ2n) is 5.15. The van der Waals surface area contributed by atoms with Gasteiger partial charge in [-0.2, -0.15) is 0 Å². The van der Waals surface area contributed by atoms with Gasteiger partial charge in [0.25, 0.3) is 0 Å². The topological polar surface area (TPSA) is 15.7 Å². The first-order chi connectivity index (χ1) is 9.93. The average Bonchev–Trinajstić information content (AvgIpc) is 2.45. The van der Waals surface area contributed by atoms with Crippen LogP contribution >= 0.6 is 11.8 Å². The number of anilines is 2. The molecule has 0 saturated heterocycles. The van der Waals surface area contributed by atoms with Crippen molar-refractivity contribution in [2.45, 2.75) is 11.8 Å². The van der Waals surface area contributed by atoms with Crippen LogP contribution in [-0.2, 0) is 4.74 Å². The Bertz CT molecular complexity index is 617. The number of allylic oxidation sites excluding steroid dienone is 3. The summed E-state index contributed by atoms with van der Waals surface area (Å²) >= 11 is 1.80. The maximum Gasteiger partial charge on any atom is 0.111 e. The van der Waals surface area contributed by atoms with Crippen LogP contribution in [0.3, 0.4) is 0 Å². The number of hydrogen-bond acceptors (Lipinski definition) is 4. The minimum absolute atomic E-state index is 0.655. The zero-order valence-electron chi connectivity index (χ0n) is 13.3. The van der Waals surface area contributed by atoms with Gasteiger partial charge in [0.15, 0.2) is 0 Å². The van der Waals surface area contributed by atoms with E-state index < -0.39 is 0 Å². The van der Waals surface area contributed by atoms with Crippen LogP contribution in [0.15, 0.2) is 58.2 Å². The van der Waals surface area contributed by atoms with E-state index in [1.807, 2.05) is 6.08 Å². The molecule has 0 saturated carbocycles. The number of methoxy groups -OCH3 is 1. The molecule has 4 heteroatoms. The van der Waals surface area contributed by atoms with E-state index in [1.54, 1.807) is 18.9 Å². The molecule has 21 heavy (non-hydrogen) atoms. The fourth-order valence-corrected chi connectivity index (χ4v) is 3.32. The Morgan fingerprint density at radius 3 is 2.71 bits per heavy atom. The van der Waals surface area contributed by atoms with Crippen molar-refractivity contribution in [3.05, 3.63) is 53.3 Å². The molecule has 1 aliphatic heterocycles. The van der Waals surface area contributed by atoms with E-state index in [9.17, 15) is 0 Å². The molecule has 0 bridgehead atoms. The molecule has 0 amide bonds. The lowest BCUT2D eigenvalue weighted by Crippen LogP contribution is -2.20. The highest BCUT2D eigenvalue weighted by Gasteiger charge is 2.20. The van der Waals surface area contributed by atoms with Crippen molar-refractivity contribution in [2.24, 2.45) is 0 Å². The largest absolute Gasteiger partial charge is 0.497 e. The molecule has 0 fully saturated rings. The van der Waals surface area contributed by atoms with Gasteiger partial charge >= 0.3 is 0 Å². The smallest absolute Gasteiger partial charge is 0.111 e. The van der Waals surface area contributed by atoms with E-state index in [-0.39, 0.29) is 0 Å². The Hall–Kier alpha value is -1.81. The summed E-state index contributed by atoms with van der Waals surface area (Å²) in [5.41, 5.74) is 3.61. The Kier molecular flexibility index (Phi) is 4.68. The lowest BCUT2D eigenvalue weighted by atomic mass is 10.2. The average molecular weight is 302 g/mol. The summed E-state index contributed by atoms with van der Waals surface area (Å²) in [6.07, 6.45) is 3.95. The number of benzene rings is 1. The van der Waals surface area contributed by atoms with Gasteiger partial charge in [-0.05, 0) is 37.3 Å². The van der Waals surface area contributed by atoms with Gasteiger partial charge in [0.05, 0.1) is 18.5 Å². The standard InChI is InChI=1S/C17H22N2OS/c1-12(20-6)7-9-15-13(2)21-17-11-14(18(3)4)8-10-16(17)19(15)5/h7-11H,1H2,2-6H3/b9-7-. The molecule has 112 valence electrons. The zero-order valence-corrected chi connectivity index (χ0v) is 14.1. The number of hydrogen-bond donors (Lipinski definition) is 0. The maximum atomic E-state index is 5.09. The number of fused-ring (bicyclic) bond motifs is 1. The normalized spacial score (nSPS) is 14.4. The van der Waals surface area contributed by atoms with Crippen molar-refractivity contribution in [1.29, 1.82) is 0 Å². The highest BCUT2D eigenvalue weighted by molar-refractivity contribution is 8.03. The lowest BCUT2D eigenvalue weighted by molar-refractivity contribution is 0.309. The van der Waals surface area contributed by atoms with E-state index in [0.717, 1.165) is 0 Å². The SMILES string of the molecule is C=C(/C=C\C1=C(C)Sc2cc(N(C)C)ccc2N1C)OC. The number of likely N-dealkylation sites (N-methyl/N-ethyl adjacent to an activating group) is 1. The van der Waals surface area contributed by atoms with Crippen molar-refractivity contribution in [2.75, 3.05) is 38.1 Å². The minimum atomic E-state index is 0.655. The van der Waals surface area contributed by atoms with Crippen molar-refractivity contribution < 1.29 is 4.74 Å². The summed E-state index contributed by atoms with van der Waals surface area (Å²) < 4.78 is 5.09. The van der Waals surface area contributed by atoms with Crippen molar-refractivity contribution in [3.63, 3.8) is 0 Å². The number of ether oxygens (including phenoxy) is 1. The van der Waals surface area contributed by atoms with Crippen molar-refractivity contribution in [3.8, 4) is 0 Å². The summed E-state index contributed by atoms with van der Waals surface area (Å²) in [6, 6.07) is 6.55. The van der Waals surface area contributed by atoms with Gasteiger partial charge in [-0.3, -0.25) is 0 Å². The predicted molar refractivity (Wildman–Crippen MR) is 93.0 cm³/mol. The first-order valence-corrected chi connectivity index (χ1v) is 7.60. The Balaban J connectivity index is 2.35. The molecule has 3 nitrogen and oxygen atoms in total. The van der Waals surface area contributed by atoms with Crippen LogP contribution in [0.5, 0.6) is 0 Å². The quantitative estimate of drug-likeness (QED) is 0.610. The highest BCUT2D eigenvalue weighted by atomic mass is 32.2. The second-order valence-corrected chi connectivity index (χ2v) is 6.41. The van der Waals surface area contributed by atoms with E-state index in [0.29, 0.717) is 5.76 Å². The summed E-state index contributed by atoms with van der Waals surface area (Å²) in [5, 5.41) is 0. The van der Waals surface area contributed by atoms with Gasteiger partial charge in [0.1, 0.15) is 5.76 Å². The third-order valence-corrected chi connectivity index (χ3v) is 4.56. The van der Waals surface area contributed by atoms with E-state index in [1.165, 1.54) is 26.9 Å². The van der Waals surface area contributed by atoms with Crippen LogP contribution in [0.2, 0.25) is 0 Å². The van der Waals surface area contributed by atoms with E-state index in [4.69, 9.17) is 4.74 Å². The second kappa shape index (κ2) is 6.31. The third-order valence-electron chi connectivity index (χ3n) is 3.50. The van der Waals surface area contributed by atoms with Gasteiger partial charge in [0.2, 0.25) is 0 Å². The summed E-state index contributed by atoms with van der Waals surface area (Å²) in [4.78, 5) is 6.88. The molecule has 0 atom stereocenters. The zero-order chi connectivity index (χ0) is 15.6. The molecule has 0 aromatic heterocycles. The fraction of sp³-hybridized carbons (Fsp3) is 0.294. The predicted octanol–water partition coefficient (Wildman–Crippen LogP) is 4.24. The van der Waals surface area contributed by atoms with Gasteiger partial charge in [-0.15, -0.1) is 0 Å². The Morgan fingerprint density at radius 2 is 2.10 bits per heavy atom. The highest BCUT2D eigenvalue weighted by Crippen LogP contribution is 2.44. The third kappa shape index (κ3) is 3.27. The van der Waals surface area contributed by atoms with Crippen molar-refractivity contribution in [1.82, 2.24) is 0 Å². The van der Waals surface area contributed by atoms with Crippen LogP contribution in [0, 0.1) is 0 Å². The monoisotopic (exact) mass is 302 g/mol. The van der Waals surface area contributed by atoms with Gasteiger partial charge in [-0.1, -0.05) is 18.3 Å². The summed E-state index contributed by atoms with van der Waals surface area (Å²) in [5.74, 6) is 0.655. The molecule has 1 heterocycles. The number of rotatable bonds is 4. The molecular weight excluding hydrogens is 280 g/mol. The first-order valence-electron chi connectivity index (χ1n) is 6.79. The molecule has 0 spiro atoms. The Morgan fingerprint density at radius 1 is 1.38 bits per heavy atom. The number of nitrogens with zero attached hydrogens (tertiary/aromatic N) is 2. The van der Waals surface area contributed by atoms with E-state index in [2.05, 4.69) is 68.7 Å². The van der Waals surface area contributed by atoms with Crippen LogP contribution in [0.1, 0.15) is 6.92 Å². The first kappa shape index (κ1) is 15.6. The lowest BCUT2D eigenvalue weighted by Gasteiger charge is -2.30. The van der Waals surface area contributed by atoms with Crippen LogP contribution in [-0.4, -0.2) is 28.3 Å². The molecule has 0 unspecified atom stereocenters. The summed E-state index contributed by atoms with van der Waals surface area (Å²) in [6.45, 7) is 5.96. The maximum absolute atomic E-state index is 5.09. The molecule has 1 aromatic rings. The van der Waals surface area contributed by atoms with Crippen LogP contribution in [0.4, 0.5) is 11.4 Å². The fourth-order valence-electron chi connectivity index (χ4n) is 2.19. The molecular formula is C17H22N2OS. The molecule has 1 aliphatic rings. The Labute approximate surface area is 131 Å². The number of thioether (sulfide) groups is 1. The molecule has 1 aromatic carbocycles. The van der Waals surface area contributed by atoms with Gasteiger partial charge in [0, 0.05) is 36.6 Å². The molecule has 2 rings (SSSR count). The minimum Gasteiger partial charge on any atom is -0.497 e. The van der Waals surface area contributed by atoms with Gasteiger partial charge in [-0.25, -0.2) is 0 Å². The molecule has 0 N–H and O–H groups in total. The molecule has 0 radical (unpaired) electrons. The van der Waals surface area contributed by atoms with E-state index >= 15 is 0 Å². The molecule has 0 aliphatic carbocycles. The van der Waals surface area contributed by atoms with Crippen LogP contribution in [0.25, 0.3) is 0 Å². The van der Waals surface area contributed by atoms with Crippen molar-refractivity contribution >= 4 is 23.1 Å². The summed E-state index contributed by atoms with van der Waals surface area (Å²) in [7, 11) is 7.84. The van der Waals surface area contributed by atoms with Crippen LogP contribution < -0.4 is 9.80 Å². The van der Waals surface area contributed by atoms with Gasteiger partial charge < -0.3 is 14.5 Å².